The van der Waals surface area contributed by atoms with Crippen molar-refractivity contribution in [2.75, 3.05) is 5.32 Å². The second-order valence-electron chi connectivity index (χ2n) is 3.33. The molecule has 4 N–H and O–H groups in total. The molecule has 0 saturated heterocycles. The molecular formula is C11H10N4O2. The van der Waals surface area contributed by atoms with E-state index >= 15 is 0 Å². The Morgan fingerprint density at radius 2 is 2.06 bits per heavy atom. The lowest BCUT2D eigenvalue weighted by Crippen LogP contribution is -2.18. The van der Waals surface area contributed by atoms with Crippen molar-refractivity contribution in [2.24, 2.45) is 5.73 Å². The second kappa shape index (κ2) is 4.48. The van der Waals surface area contributed by atoms with E-state index in [0.717, 1.165) is 0 Å². The summed E-state index contributed by atoms with van der Waals surface area (Å²) in [6.45, 7) is 0. The number of imidazole rings is 1. The zero-order valence-electron chi connectivity index (χ0n) is 8.81. The highest BCUT2D eigenvalue weighted by Gasteiger charge is 2.12. The van der Waals surface area contributed by atoms with Gasteiger partial charge in [0, 0.05) is 0 Å². The Balaban J connectivity index is 2.25. The van der Waals surface area contributed by atoms with Gasteiger partial charge in [-0.1, -0.05) is 12.1 Å². The zero-order chi connectivity index (χ0) is 12.3. The fourth-order valence-corrected chi connectivity index (χ4v) is 1.38. The van der Waals surface area contributed by atoms with Crippen LogP contribution in [0.15, 0.2) is 36.8 Å². The molecule has 0 atom stereocenters. The first kappa shape index (κ1) is 10.9. The third kappa shape index (κ3) is 2.31. The molecule has 2 rings (SSSR count). The summed E-state index contributed by atoms with van der Waals surface area (Å²) in [6, 6.07) is 6.53. The average Bonchev–Trinajstić information content (AvgIpc) is 2.83. The van der Waals surface area contributed by atoms with Gasteiger partial charge in [0.15, 0.2) is 0 Å². The number of para-hydroxylation sites is 1. The lowest BCUT2D eigenvalue weighted by atomic mass is 10.1. The van der Waals surface area contributed by atoms with Crippen molar-refractivity contribution in [2.45, 2.75) is 0 Å². The Bertz CT molecular complexity index is 548. The van der Waals surface area contributed by atoms with Crippen LogP contribution >= 0.6 is 0 Å². The molecular weight excluding hydrogens is 220 g/mol. The third-order valence-electron chi connectivity index (χ3n) is 2.18. The Hall–Kier alpha value is -2.63. The number of nitrogens with zero attached hydrogens (tertiary/aromatic N) is 1. The SMILES string of the molecule is NC(=O)c1ccccc1NC(=O)c1cnc[nH]1. The van der Waals surface area contributed by atoms with Crippen LogP contribution < -0.4 is 11.1 Å². The summed E-state index contributed by atoms with van der Waals surface area (Å²) < 4.78 is 0. The monoisotopic (exact) mass is 230 g/mol. The van der Waals surface area contributed by atoms with Crippen LogP contribution in [0.2, 0.25) is 0 Å². The maximum Gasteiger partial charge on any atom is 0.273 e. The van der Waals surface area contributed by atoms with Gasteiger partial charge in [0.25, 0.3) is 11.8 Å². The predicted octanol–water partition coefficient (Wildman–Crippen LogP) is 0.761. The van der Waals surface area contributed by atoms with Crippen LogP contribution in [0.25, 0.3) is 0 Å². The van der Waals surface area contributed by atoms with E-state index in [1.807, 2.05) is 0 Å². The van der Waals surface area contributed by atoms with Gasteiger partial charge >= 0.3 is 0 Å². The second-order valence-corrected chi connectivity index (χ2v) is 3.33. The van der Waals surface area contributed by atoms with Gasteiger partial charge in [0.05, 0.1) is 23.8 Å². The number of hydrogen-bond acceptors (Lipinski definition) is 3. The van der Waals surface area contributed by atoms with Crippen molar-refractivity contribution >= 4 is 17.5 Å². The number of nitrogens with one attached hydrogen (secondary N) is 2. The quantitative estimate of drug-likeness (QED) is 0.725. The number of carbonyl (C=O) groups excluding carboxylic acids is 2. The van der Waals surface area contributed by atoms with Gasteiger partial charge in [-0.3, -0.25) is 9.59 Å². The first-order chi connectivity index (χ1) is 8.18. The number of H-pyrrole nitrogens is 1. The Morgan fingerprint density at radius 1 is 1.29 bits per heavy atom. The van der Waals surface area contributed by atoms with Gasteiger partial charge in [-0.2, -0.15) is 0 Å². The van der Waals surface area contributed by atoms with Gasteiger partial charge in [0.2, 0.25) is 0 Å². The van der Waals surface area contributed by atoms with Crippen molar-refractivity contribution in [3.8, 4) is 0 Å². The average molecular weight is 230 g/mol. The molecule has 0 saturated carbocycles. The van der Waals surface area contributed by atoms with Gasteiger partial charge in [0.1, 0.15) is 5.69 Å². The van der Waals surface area contributed by atoms with Crippen LogP contribution in [0.3, 0.4) is 0 Å². The predicted molar refractivity (Wildman–Crippen MR) is 61.5 cm³/mol. The highest BCUT2D eigenvalue weighted by molar-refractivity contribution is 6.07. The number of benzene rings is 1. The minimum atomic E-state index is -0.592. The number of aromatic nitrogens is 2. The highest BCUT2D eigenvalue weighted by atomic mass is 16.2. The lowest BCUT2D eigenvalue weighted by molar-refractivity contribution is 0.100. The number of carbonyl (C=O) groups is 2. The van der Waals surface area contributed by atoms with E-state index in [2.05, 4.69) is 15.3 Å². The molecule has 0 spiro atoms. The fourth-order valence-electron chi connectivity index (χ4n) is 1.38. The van der Waals surface area contributed by atoms with E-state index in [1.165, 1.54) is 12.5 Å². The zero-order valence-corrected chi connectivity index (χ0v) is 8.81. The standard InChI is InChI=1S/C11H10N4O2/c12-10(16)7-3-1-2-4-8(7)15-11(17)9-5-13-6-14-9/h1-6H,(H2,12,16)(H,13,14)(H,15,17). The van der Waals surface area contributed by atoms with Crippen molar-refractivity contribution in [1.29, 1.82) is 0 Å². The lowest BCUT2D eigenvalue weighted by Gasteiger charge is -2.07. The van der Waals surface area contributed by atoms with Crippen LogP contribution in [-0.2, 0) is 0 Å². The van der Waals surface area contributed by atoms with E-state index in [1.54, 1.807) is 24.3 Å². The molecule has 0 aliphatic carbocycles. The van der Waals surface area contributed by atoms with E-state index in [-0.39, 0.29) is 11.5 Å². The summed E-state index contributed by atoms with van der Waals surface area (Å²) in [5, 5.41) is 2.58. The summed E-state index contributed by atoms with van der Waals surface area (Å²) in [4.78, 5) is 29.3. The molecule has 0 aliphatic heterocycles. The molecule has 1 aromatic heterocycles. The Morgan fingerprint density at radius 3 is 2.71 bits per heavy atom. The molecule has 1 aromatic carbocycles. The van der Waals surface area contributed by atoms with E-state index in [9.17, 15) is 9.59 Å². The van der Waals surface area contributed by atoms with Crippen LogP contribution in [0.1, 0.15) is 20.8 Å². The number of hydrogen-bond donors (Lipinski definition) is 3. The van der Waals surface area contributed by atoms with Gasteiger partial charge in [-0.15, -0.1) is 0 Å². The molecule has 6 nitrogen and oxygen atoms in total. The summed E-state index contributed by atoms with van der Waals surface area (Å²) in [5.41, 5.74) is 6.15. The van der Waals surface area contributed by atoms with Crippen molar-refractivity contribution in [3.05, 3.63) is 48.0 Å². The summed E-state index contributed by atoms with van der Waals surface area (Å²) in [7, 11) is 0. The van der Waals surface area contributed by atoms with Gasteiger partial charge in [-0.05, 0) is 12.1 Å². The van der Waals surface area contributed by atoms with Crippen molar-refractivity contribution < 1.29 is 9.59 Å². The van der Waals surface area contributed by atoms with Crippen LogP contribution in [0.4, 0.5) is 5.69 Å². The first-order valence-electron chi connectivity index (χ1n) is 4.87. The Kier molecular flexibility index (Phi) is 2.87. The number of amides is 2. The molecule has 0 fully saturated rings. The van der Waals surface area contributed by atoms with Crippen LogP contribution in [0.5, 0.6) is 0 Å². The minimum absolute atomic E-state index is 0.264. The maximum absolute atomic E-state index is 11.7. The molecule has 2 amide bonds. The van der Waals surface area contributed by atoms with Crippen molar-refractivity contribution in [3.63, 3.8) is 0 Å². The molecule has 0 bridgehead atoms. The third-order valence-corrected chi connectivity index (χ3v) is 2.18. The first-order valence-corrected chi connectivity index (χ1v) is 4.87. The minimum Gasteiger partial charge on any atom is -0.366 e. The molecule has 86 valence electrons. The van der Waals surface area contributed by atoms with E-state index < -0.39 is 5.91 Å². The number of primary amides is 1. The number of rotatable bonds is 3. The molecule has 0 unspecified atom stereocenters. The fraction of sp³-hybridized carbons (Fsp3) is 0. The molecule has 17 heavy (non-hydrogen) atoms. The normalized spacial score (nSPS) is 9.88. The topological polar surface area (TPSA) is 101 Å². The maximum atomic E-state index is 11.7. The highest BCUT2D eigenvalue weighted by Crippen LogP contribution is 2.14. The summed E-state index contributed by atoms with van der Waals surface area (Å²) in [5.74, 6) is -0.971. The Labute approximate surface area is 96.9 Å². The molecule has 1 heterocycles. The molecule has 2 aromatic rings. The summed E-state index contributed by atoms with van der Waals surface area (Å²) >= 11 is 0. The summed E-state index contributed by atoms with van der Waals surface area (Å²) in [6.07, 6.45) is 2.79. The van der Waals surface area contributed by atoms with E-state index in [0.29, 0.717) is 11.4 Å². The molecule has 0 aliphatic rings. The number of anilines is 1. The molecule has 6 heteroatoms. The van der Waals surface area contributed by atoms with Gasteiger partial charge < -0.3 is 16.0 Å². The number of nitrogens with two attached hydrogens (primary N) is 1. The van der Waals surface area contributed by atoms with Crippen LogP contribution in [0, 0.1) is 0 Å². The van der Waals surface area contributed by atoms with Crippen molar-refractivity contribution in [1.82, 2.24) is 9.97 Å². The smallest absolute Gasteiger partial charge is 0.273 e. The number of aromatic amines is 1. The molecule has 0 radical (unpaired) electrons. The van der Waals surface area contributed by atoms with Crippen LogP contribution in [-0.4, -0.2) is 21.8 Å². The van der Waals surface area contributed by atoms with Gasteiger partial charge in [-0.25, -0.2) is 4.98 Å². The van der Waals surface area contributed by atoms with E-state index in [4.69, 9.17) is 5.73 Å². The largest absolute Gasteiger partial charge is 0.366 e.